The fourth-order valence-corrected chi connectivity index (χ4v) is 2.58. The highest BCUT2D eigenvalue weighted by Crippen LogP contribution is 2.26. The molecule has 2 aromatic rings. The maximum atomic E-state index is 10.7. The summed E-state index contributed by atoms with van der Waals surface area (Å²) in [5.41, 5.74) is 0.828. The number of pyridine rings is 1. The molecule has 0 bridgehead atoms. The predicted molar refractivity (Wildman–Crippen MR) is 75.8 cm³/mol. The summed E-state index contributed by atoms with van der Waals surface area (Å²) in [5, 5.41) is 20.7. The Morgan fingerprint density at radius 2 is 2.25 bits per heavy atom. The van der Waals surface area contributed by atoms with Crippen molar-refractivity contribution in [3.05, 3.63) is 40.4 Å². The molecule has 6 heteroatoms. The summed E-state index contributed by atoms with van der Waals surface area (Å²) in [6.45, 7) is 1.90. The number of aromatic nitrogens is 1. The van der Waals surface area contributed by atoms with Crippen LogP contribution in [-0.2, 0) is 0 Å². The molecule has 1 aliphatic heterocycles. The summed E-state index contributed by atoms with van der Waals surface area (Å²) in [6, 6.07) is 8.42. The third-order valence-electron chi connectivity index (χ3n) is 3.74. The van der Waals surface area contributed by atoms with Crippen molar-refractivity contribution in [3.8, 4) is 0 Å². The average Bonchev–Trinajstić information content (AvgIpc) is 2.95. The zero-order valence-electron chi connectivity index (χ0n) is 10.9. The zero-order valence-corrected chi connectivity index (χ0v) is 10.9. The Bertz CT molecular complexity index is 659. The molecule has 0 saturated carbocycles. The van der Waals surface area contributed by atoms with E-state index in [1.54, 1.807) is 6.07 Å². The number of fused-ring (bicyclic) bond motifs is 1. The fourth-order valence-electron chi connectivity index (χ4n) is 2.58. The van der Waals surface area contributed by atoms with Gasteiger partial charge < -0.3 is 10.0 Å². The predicted octanol–water partition coefficient (Wildman–Crippen LogP) is 1.96. The second-order valence-electron chi connectivity index (χ2n) is 5.09. The number of rotatable bonds is 3. The molecule has 104 valence electrons. The van der Waals surface area contributed by atoms with Crippen LogP contribution in [-0.4, -0.2) is 34.7 Å². The van der Waals surface area contributed by atoms with Gasteiger partial charge in [0.1, 0.15) is 5.82 Å². The molecule has 3 rings (SSSR count). The molecule has 1 N–H and O–H groups in total. The maximum absolute atomic E-state index is 10.7. The van der Waals surface area contributed by atoms with Crippen molar-refractivity contribution < 1.29 is 10.0 Å². The molecule has 0 aliphatic carbocycles. The summed E-state index contributed by atoms with van der Waals surface area (Å²) in [7, 11) is 0. The number of non-ortho nitro benzene ring substituents is 1. The van der Waals surface area contributed by atoms with Gasteiger partial charge in [-0.3, -0.25) is 10.1 Å². The van der Waals surface area contributed by atoms with Gasteiger partial charge >= 0.3 is 0 Å². The summed E-state index contributed by atoms with van der Waals surface area (Å²) < 4.78 is 0. The number of nitro benzene ring substituents is 1. The van der Waals surface area contributed by atoms with E-state index in [0.29, 0.717) is 5.92 Å². The monoisotopic (exact) mass is 273 g/mol. The highest BCUT2D eigenvalue weighted by atomic mass is 16.6. The molecule has 1 aromatic carbocycles. The first-order chi connectivity index (χ1) is 9.67. The lowest BCUT2D eigenvalue weighted by molar-refractivity contribution is -0.384. The molecule has 6 nitrogen and oxygen atoms in total. The standard InChI is InChI=1S/C14H15N3O3/c18-9-10-5-6-16(8-10)14-4-1-11-7-12(17(19)20)2-3-13(11)15-14/h1-4,7,10,18H,5-6,8-9H2. The molecule has 0 amide bonds. The van der Waals surface area contributed by atoms with Crippen molar-refractivity contribution in [3.63, 3.8) is 0 Å². The molecule has 0 radical (unpaired) electrons. The molecule has 1 aromatic heterocycles. The Kier molecular flexibility index (Phi) is 3.23. The van der Waals surface area contributed by atoms with Gasteiger partial charge in [-0.15, -0.1) is 0 Å². The number of aliphatic hydroxyl groups excluding tert-OH is 1. The van der Waals surface area contributed by atoms with Crippen LogP contribution in [0.5, 0.6) is 0 Å². The highest BCUT2D eigenvalue weighted by Gasteiger charge is 2.22. The van der Waals surface area contributed by atoms with Gasteiger partial charge in [-0.2, -0.15) is 0 Å². The molecule has 1 unspecified atom stereocenters. The molecular weight excluding hydrogens is 258 g/mol. The number of nitrogens with zero attached hydrogens (tertiary/aromatic N) is 3. The van der Waals surface area contributed by atoms with Crippen molar-refractivity contribution >= 4 is 22.4 Å². The van der Waals surface area contributed by atoms with Crippen molar-refractivity contribution in [2.75, 3.05) is 24.6 Å². The Labute approximate surface area is 115 Å². The van der Waals surface area contributed by atoms with E-state index in [0.717, 1.165) is 36.2 Å². The summed E-state index contributed by atoms with van der Waals surface area (Å²) >= 11 is 0. The Hall–Kier alpha value is -2.21. The summed E-state index contributed by atoms with van der Waals surface area (Å²) in [5.74, 6) is 1.17. The van der Waals surface area contributed by atoms with Gasteiger partial charge in [-0.1, -0.05) is 0 Å². The average molecular weight is 273 g/mol. The van der Waals surface area contributed by atoms with Crippen LogP contribution < -0.4 is 4.90 Å². The fraction of sp³-hybridized carbons (Fsp3) is 0.357. The summed E-state index contributed by atoms with van der Waals surface area (Å²) in [6.07, 6.45) is 0.969. The SMILES string of the molecule is O=[N+]([O-])c1ccc2nc(N3CCC(CO)C3)ccc2c1. The Balaban J connectivity index is 1.91. The first kappa shape index (κ1) is 12.8. The van der Waals surface area contributed by atoms with Gasteiger partial charge in [-0.05, 0) is 24.6 Å². The number of benzene rings is 1. The number of nitro groups is 1. The molecule has 1 atom stereocenters. The minimum atomic E-state index is -0.403. The van der Waals surface area contributed by atoms with Gasteiger partial charge in [0.2, 0.25) is 0 Å². The van der Waals surface area contributed by atoms with Crippen molar-refractivity contribution in [2.24, 2.45) is 5.92 Å². The van der Waals surface area contributed by atoms with E-state index in [1.165, 1.54) is 12.1 Å². The Morgan fingerprint density at radius 1 is 1.40 bits per heavy atom. The molecule has 1 aliphatic rings. The van der Waals surface area contributed by atoms with E-state index in [9.17, 15) is 15.2 Å². The third kappa shape index (κ3) is 2.30. The number of hydrogen-bond donors (Lipinski definition) is 1. The number of aliphatic hydroxyl groups is 1. The quantitative estimate of drug-likeness (QED) is 0.683. The first-order valence-corrected chi connectivity index (χ1v) is 6.58. The number of hydrogen-bond acceptors (Lipinski definition) is 5. The second kappa shape index (κ2) is 5.05. The lowest BCUT2D eigenvalue weighted by Crippen LogP contribution is -2.21. The smallest absolute Gasteiger partial charge is 0.270 e. The van der Waals surface area contributed by atoms with Crippen LogP contribution in [0.25, 0.3) is 10.9 Å². The van der Waals surface area contributed by atoms with E-state index in [2.05, 4.69) is 9.88 Å². The van der Waals surface area contributed by atoms with E-state index in [-0.39, 0.29) is 12.3 Å². The van der Waals surface area contributed by atoms with Crippen LogP contribution in [0.4, 0.5) is 11.5 Å². The van der Waals surface area contributed by atoms with Gasteiger partial charge in [0.15, 0.2) is 0 Å². The van der Waals surface area contributed by atoms with E-state index < -0.39 is 4.92 Å². The van der Waals surface area contributed by atoms with Crippen molar-refractivity contribution in [1.29, 1.82) is 0 Å². The molecule has 20 heavy (non-hydrogen) atoms. The molecular formula is C14H15N3O3. The lowest BCUT2D eigenvalue weighted by Gasteiger charge is -2.17. The zero-order chi connectivity index (χ0) is 14.1. The van der Waals surface area contributed by atoms with Crippen molar-refractivity contribution in [2.45, 2.75) is 6.42 Å². The van der Waals surface area contributed by atoms with Crippen LogP contribution in [0.3, 0.4) is 0 Å². The van der Waals surface area contributed by atoms with Crippen LogP contribution in [0.2, 0.25) is 0 Å². The van der Waals surface area contributed by atoms with Crippen LogP contribution in [0.1, 0.15) is 6.42 Å². The topological polar surface area (TPSA) is 79.5 Å². The summed E-state index contributed by atoms with van der Waals surface area (Å²) in [4.78, 5) is 17.0. The molecule has 1 saturated heterocycles. The van der Waals surface area contributed by atoms with E-state index >= 15 is 0 Å². The highest BCUT2D eigenvalue weighted by molar-refractivity contribution is 5.82. The van der Waals surface area contributed by atoms with E-state index in [1.807, 2.05) is 12.1 Å². The van der Waals surface area contributed by atoms with Gasteiger partial charge in [0.05, 0.1) is 10.4 Å². The molecule has 0 spiro atoms. The van der Waals surface area contributed by atoms with Gasteiger partial charge in [-0.25, -0.2) is 4.98 Å². The normalized spacial score (nSPS) is 18.6. The largest absolute Gasteiger partial charge is 0.396 e. The minimum absolute atomic E-state index is 0.0774. The van der Waals surface area contributed by atoms with Gasteiger partial charge in [0.25, 0.3) is 5.69 Å². The molecule has 1 fully saturated rings. The van der Waals surface area contributed by atoms with Gasteiger partial charge in [0, 0.05) is 43.1 Å². The third-order valence-corrected chi connectivity index (χ3v) is 3.74. The minimum Gasteiger partial charge on any atom is -0.396 e. The number of anilines is 1. The van der Waals surface area contributed by atoms with Crippen LogP contribution >= 0.6 is 0 Å². The molecule has 2 heterocycles. The second-order valence-corrected chi connectivity index (χ2v) is 5.09. The maximum Gasteiger partial charge on any atom is 0.270 e. The van der Waals surface area contributed by atoms with Crippen LogP contribution in [0.15, 0.2) is 30.3 Å². The Morgan fingerprint density at radius 3 is 2.95 bits per heavy atom. The van der Waals surface area contributed by atoms with Crippen LogP contribution in [0, 0.1) is 16.0 Å². The lowest BCUT2D eigenvalue weighted by atomic mass is 10.1. The van der Waals surface area contributed by atoms with E-state index in [4.69, 9.17) is 0 Å². The first-order valence-electron chi connectivity index (χ1n) is 6.58. The van der Waals surface area contributed by atoms with Crippen molar-refractivity contribution in [1.82, 2.24) is 4.98 Å².